The van der Waals surface area contributed by atoms with Gasteiger partial charge in [-0.05, 0) is 18.1 Å². The molecule has 1 aromatic heterocycles. The number of aromatic nitrogens is 1. The number of nitrogens with zero attached hydrogens (tertiary/aromatic N) is 4. The minimum absolute atomic E-state index is 0.0863. The zero-order valence-electron chi connectivity index (χ0n) is 12.4. The second-order valence-corrected chi connectivity index (χ2v) is 5.63. The standard InChI is InChI=1S/C11H15N5O9/c17-14(18,19)11(15(20,21)22)10-8(5-6-13(11)16(23,24)25)7-3-1-2-4-9(7)12-10/h1-4,12,17-18,20-21,23-24H,5-6H2. The summed E-state index contributed by atoms with van der Waals surface area (Å²) in [5.74, 6) is -3.92. The van der Waals surface area contributed by atoms with Gasteiger partial charge < -0.3 is 20.6 Å². The molecular formula is C11H15N5O9. The van der Waals surface area contributed by atoms with E-state index in [1.807, 2.05) is 0 Å². The largest absolute Gasteiger partial charge is 0.558 e. The van der Waals surface area contributed by atoms with Crippen molar-refractivity contribution in [1.29, 1.82) is 0 Å². The number of rotatable bonds is 3. The van der Waals surface area contributed by atoms with Gasteiger partial charge >= 0.3 is 5.79 Å². The van der Waals surface area contributed by atoms with Crippen LogP contribution in [-0.2, 0) is 12.2 Å². The van der Waals surface area contributed by atoms with E-state index in [1.165, 1.54) is 12.1 Å². The molecule has 7 N–H and O–H groups in total. The lowest BCUT2D eigenvalue weighted by molar-refractivity contribution is -1.46. The third-order valence-electron chi connectivity index (χ3n) is 4.21. The average molecular weight is 361 g/mol. The smallest absolute Gasteiger partial charge is 0.499 e. The molecule has 0 aliphatic carbocycles. The fraction of sp³-hybridized carbons (Fsp3) is 0.273. The molecular weight excluding hydrogens is 346 g/mol. The minimum Gasteiger partial charge on any atom is -0.558 e. The molecule has 0 spiro atoms. The Balaban J connectivity index is 2.45. The van der Waals surface area contributed by atoms with Gasteiger partial charge in [0.05, 0.1) is 6.54 Å². The molecule has 0 saturated carbocycles. The van der Waals surface area contributed by atoms with E-state index < -0.39 is 38.1 Å². The fourth-order valence-corrected chi connectivity index (χ4v) is 3.32. The molecule has 14 nitrogen and oxygen atoms in total. The van der Waals surface area contributed by atoms with E-state index in [-0.39, 0.29) is 17.5 Å². The summed E-state index contributed by atoms with van der Waals surface area (Å²) in [7, 11) is 0. The number of hydrogen-bond donors (Lipinski definition) is 7. The summed E-state index contributed by atoms with van der Waals surface area (Å²) in [5.41, 5.74) is -0.426. The maximum absolute atomic E-state index is 12.0. The van der Waals surface area contributed by atoms with E-state index >= 15 is 0 Å². The number of fused-ring (bicyclic) bond motifs is 3. The first-order chi connectivity index (χ1) is 11.3. The molecule has 3 rings (SSSR count). The first kappa shape index (κ1) is 18.0. The lowest BCUT2D eigenvalue weighted by Crippen LogP contribution is -2.82. The Morgan fingerprint density at radius 1 is 0.960 bits per heavy atom. The van der Waals surface area contributed by atoms with E-state index in [2.05, 4.69) is 4.98 Å². The van der Waals surface area contributed by atoms with Gasteiger partial charge in [0.25, 0.3) is 0 Å². The van der Waals surface area contributed by atoms with Gasteiger partial charge in [0, 0.05) is 30.9 Å². The Labute approximate surface area is 138 Å². The van der Waals surface area contributed by atoms with Crippen LogP contribution in [0, 0.1) is 15.6 Å². The molecule has 0 unspecified atom stereocenters. The topological polar surface area (TPSA) is 210 Å². The molecule has 14 heteroatoms. The summed E-state index contributed by atoms with van der Waals surface area (Å²) < 4.78 is 0. The lowest BCUT2D eigenvalue weighted by atomic mass is 9.98. The summed E-state index contributed by atoms with van der Waals surface area (Å²) in [6, 6.07) is 6.16. The number of H-pyrrole nitrogens is 1. The molecule has 138 valence electrons. The number of para-hydroxylation sites is 1. The highest BCUT2D eigenvalue weighted by atomic mass is 17.2. The molecule has 0 radical (unpaired) electrons. The average Bonchev–Trinajstić information content (AvgIpc) is 2.81. The molecule has 1 aliphatic heterocycles. The monoisotopic (exact) mass is 361 g/mol. The number of hydroxylamine groups is 6. The summed E-state index contributed by atoms with van der Waals surface area (Å²) in [6.07, 6.45) is -0.162. The number of aromatic amines is 1. The molecule has 0 saturated heterocycles. The van der Waals surface area contributed by atoms with Gasteiger partial charge in [0.15, 0.2) is 5.69 Å². The molecule has 1 aromatic carbocycles. The van der Waals surface area contributed by atoms with Crippen LogP contribution in [0.1, 0.15) is 11.3 Å². The summed E-state index contributed by atoms with van der Waals surface area (Å²) in [6.45, 7) is -0.807. The zero-order chi connectivity index (χ0) is 18.8. The van der Waals surface area contributed by atoms with Gasteiger partial charge in [-0.3, -0.25) is 0 Å². The summed E-state index contributed by atoms with van der Waals surface area (Å²) in [5, 5.41) is 89.2. The van der Waals surface area contributed by atoms with Crippen LogP contribution >= 0.6 is 0 Å². The van der Waals surface area contributed by atoms with Gasteiger partial charge in [-0.2, -0.15) is 31.2 Å². The first-order valence-corrected chi connectivity index (χ1v) is 6.87. The van der Waals surface area contributed by atoms with Gasteiger partial charge in [-0.15, -0.1) is 0 Å². The number of quaternary nitrogens is 3. The van der Waals surface area contributed by atoms with Crippen LogP contribution in [0.15, 0.2) is 24.3 Å². The maximum atomic E-state index is 12.0. The minimum atomic E-state index is -3.92. The van der Waals surface area contributed by atoms with Crippen molar-refractivity contribution in [3.8, 4) is 0 Å². The summed E-state index contributed by atoms with van der Waals surface area (Å²) in [4.78, 5) is -5.08. The van der Waals surface area contributed by atoms with Crippen molar-refractivity contribution in [2.75, 3.05) is 6.54 Å². The Morgan fingerprint density at radius 2 is 1.52 bits per heavy atom. The third-order valence-corrected chi connectivity index (χ3v) is 4.21. The second-order valence-electron chi connectivity index (χ2n) is 5.63. The Kier molecular flexibility index (Phi) is 3.70. The number of benzene rings is 1. The molecule has 0 fully saturated rings. The second kappa shape index (κ2) is 5.13. The molecule has 25 heavy (non-hydrogen) atoms. The quantitative estimate of drug-likeness (QED) is 0.226. The Bertz CT molecular complexity index is 789. The van der Waals surface area contributed by atoms with Crippen LogP contribution in [0.2, 0.25) is 0 Å². The third kappa shape index (κ3) is 2.35. The highest BCUT2D eigenvalue weighted by Crippen LogP contribution is 2.48. The van der Waals surface area contributed by atoms with Crippen molar-refractivity contribution in [1.82, 2.24) is 9.99 Å². The van der Waals surface area contributed by atoms with Gasteiger partial charge in [0.1, 0.15) is 0 Å². The van der Waals surface area contributed by atoms with Crippen LogP contribution < -0.4 is 0 Å². The van der Waals surface area contributed by atoms with Crippen molar-refractivity contribution in [2.45, 2.75) is 12.2 Å². The maximum Gasteiger partial charge on any atom is 0.499 e. The SMILES string of the molecule is [O-][N+](O)(O)N1CCc2c([nH]c3ccccc23)C1([N+]([O-])(O)O)[N+]([O-])(O)O. The van der Waals surface area contributed by atoms with E-state index in [0.29, 0.717) is 5.39 Å². The summed E-state index contributed by atoms with van der Waals surface area (Å²) >= 11 is 0. The Morgan fingerprint density at radius 3 is 2.04 bits per heavy atom. The number of nitrogens with one attached hydrogen (secondary N) is 1. The van der Waals surface area contributed by atoms with Crippen LogP contribution in [0.4, 0.5) is 0 Å². The molecule has 1 aliphatic rings. The van der Waals surface area contributed by atoms with Crippen molar-refractivity contribution >= 4 is 10.9 Å². The zero-order valence-corrected chi connectivity index (χ0v) is 12.4. The molecule has 2 aromatic rings. The Hall–Kier alpha value is -1.76. The molecule has 0 bridgehead atoms. The van der Waals surface area contributed by atoms with Crippen LogP contribution in [0.3, 0.4) is 0 Å². The normalized spacial score (nSPS) is 19.2. The first-order valence-electron chi connectivity index (χ1n) is 6.87. The van der Waals surface area contributed by atoms with Gasteiger partial charge in [-0.1, -0.05) is 18.2 Å². The molecule has 0 atom stereocenters. The highest BCUT2D eigenvalue weighted by molar-refractivity contribution is 5.85. The van der Waals surface area contributed by atoms with Gasteiger partial charge in [-0.25, -0.2) is 0 Å². The molecule has 2 heterocycles. The fourth-order valence-electron chi connectivity index (χ4n) is 3.32. The molecule has 0 amide bonds. The van der Waals surface area contributed by atoms with E-state index in [4.69, 9.17) is 0 Å². The predicted octanol–water partition coefficient (Wildman–Crippen LogP) is 0.330. The van der Waals surface area contributed by atoms with E-state index in [9.17, 15) is 46.9 Å². The highest BCUT2D eigenvalue weighted by Gasteiger charge is 2.77. The van der Waals surface area contributed by atoms with E-state index in [1.54, 1.807) is 12.1 Å². The van der Waals surface area contributed by atoms with Crippen LogP contribution in [0.25, 0.3) is 10.9 Å². The van der Waals surface area contributed by atoms with Crippen molar-refractivity contribution in [3.63, 3.8) is 0 Å². The lowest BCUT2D eigenvalue weighted by Gasteiger charge is -2.53. The number of hydrogen-bond acceptors (Lipinski definition) is 10. The van der Waals surface area contributed by atoms with Gasteiger partial charge in [0.2, 0.25) is 0 Å². The predicted molar refractivity (Wildman–Crippen MR) is 72.0 cm³/mol. The van der Waals surface area contributed by atoms with Crippen LogP contribution in [-0.4, -0.2) is 62.8 Å². The van der Waals surface area contributed by atoms with E-state index in [0.717, 1.165) is 0 Å². The van der Waals surface area contributed by atoms with Crippen molar-refractivity contribution < 1.29 is 46.3 Å². The van der Waals surface area contributed by atoms with Crippen molar-refractivity contribution in [3.05, 3.63) is 51.1 Å². The van der Waals surface area contributed by atoms with Crippen molar-refractivity contribution in [2.24, 2.45) is 0 Å². The van der Waals surface area contributed by atoms with Crippen LogP contribution in [0.5, 0.6) is 0 Å².